The van der Waals surface area contributed by atoms with Crippen LogP contribution in [0.15, 0.2) is 30.5 Å². The smallest absolute Gasteiger partial charge is 0.200 e. The molecule has 2 heterocycles. The minimum Gasteiger partial charge on any atom is -0.200 e. The highest BCUT2D eigenvalue weighted by Crippen LogP contribution is 2.54. The van der Waals surface area contributed by atoms with Crippen molar-refractivity contribution < 1.29 is 8.96 Å². The fourth-order valence-electron chi connectivity index (χ4n) is 6.11. The standard InChI is InChI=1S/C27H37FN/c1-9-26(7)19-17-21-20(24(3,4)13-14-25(21,5)6)16-18(19)23-22(28)12-11-15-29(23)27(26,8)10-2/h11-12,15-17H,9-10,13-14H2,1-8H3/q+1. The summed E-state index contributed by atoms with van der Waals surface area (Å²) in [5, 5.41) is 0. The molecule has 4 rings (SSSR count). The number of benzene rings is 1. The highest BCUT2D eigenvalue weighted by Gasteiger charge is 2.57. The van der Waals surface area contributed by atoms with Gasteiger partial charge < -0.3 is 0 Å². The van der Waals surface area contributed by atoms with Crippen LogP contribution >= 0.6 is 0 Å². The van der Waals surface area contributed by atoms with Gasteiger partial charge in [0.15, 0.2) is 17.6 Å². The zero-order valence-electron chi connectivity index (χ0n) is 19.5. The highest BCUT2D eigenvalue weighted by atomic mass is 19.1. The number of hydrogen-bond acceptors (Lipinski definition) is 0. The third-order valence-corrected chi connectivity index (χ3v) is 8.90. The first kappa shape index (κ1) is 20.6. The fourth-order valence-corrected chi connectivity index (χ4v) is 6.11. The Labute approximate surface area is 176 Å². The lowest BCUT2D eigenvalue weighted by molar-refractivity contribution is -0.766. The summed E-state index contributed by atoms with van der Waals surface area (Å²) in [6, 6.07) is 8.30. The fraction of sp³-hybridized carbons (Fsp3) is 0.593. The maximum atomic E-state index is 15.3. The maximum absolute atomic E-state index is 15.3. The lowest BCUT2D eigenvalue weighted by Crippen LogP contribution is -2.67. The highest BCUT2D eigenvalue weighted by molar-refractivity contribution is 5.69. The molecule has 2 aliphatic rings. The molecule has 29 heavy (non-hydrogen) atoms. The second-order valence-electron chi connectivity index (χ2n) is 11.1. The summed E-state index contributed by atoms with van der Waals surface area (Å²) in [5.41, 5.74) is 6.10. The number of pyridine rings is 1. The maximum Gasteiger partial charge on any atom is 0.249 e. The Morgan fingerprint density at radius 2 is 1.45 bits per heavy atom. The quantitative estimate of drug-likeness (QED) is 0.486. The first-order valence-corrected chi connectivity index (χ1v) is 11.3. The predicted octanol–water partition coefficient (Wildman–Crippen LogP) is 6.94. The van der Waals surface area contributed by atoms with Gasteiger partial charge in [-0.25, -0.2) is 0 Å². The molecule has 0 N–H and O–H groups in total. The molecule has 1 aromatic carbocycles. The van der Waals surface area contributed by atoms with Gasteiger partial charge in [0.1, 0.15) is 0 Å². The third kappa shape index (κ3) is 2.53. The molecule has 2 atom stereocenters. The van der Waals surface area contributed by atoms with Crippen molar-refractivity contribution in [3.63, 3.8) is 0 Å². The van der Waals surface area contributed by atoms with Crippen molar-refractivity contribution in [3.8, 4) is 11.3 Å². The number of aromatic nitrogens is 1. The van der Waals surface area contributed by atoms with Crippen LogP contribution in [0.4, 0.5) is 4.39 Å². The second kappa shape index (κ2) is 6.15. The second-order valence-corrected chi connectivity index (χ2v) is 11.1. The molecular weight excluding hydrogens is 357 g/mol. The average molecular weight is 395 g/mol. The lowest BCUT2D eigenvalue weighted by Gasteiger charge is -2.48. The summed E-state index contributed by atoms with van der Waals surface area (Å²) in [7, 11) is 0. The number of nitrogens with zero attached hydrogens (tertiary/aromatic N) is 1. The summed E-state index contributed by atoms with van der Waals surface area (Å²) in [5.74, 6) is -0.112. The zero-order valence-corrected chi connectivity index (χ0v) is 19.5. The van der Waals surface area contributed by atoms with E-state index in [1.165, 1.54) is 29.5 Å². The molecule has 156 valence electrons. The molecule has 0 saturated carbocycles. The van der Waals surface area contributed by atoms with Gasteiger partial charge in [0, 0.05) is 19.4 Å². The van der Waals surface area contributed by atoms with Crippen LogP contribution in [0.1, 0.15) is 97.8 Å². The van der Waals surface area contributed by atoms with Gasteiger partial charge >= 0.3 is 0 Å². The van der Waals surface area contributed by atoms with Gasteiger partial charge in [-0.3, -0.25) is 0 Å². The SMILES string of the molecule is CCC1(C)c2cc3c(cc2-c2c(F)ccc[n+]2C1(C)CC)C(C)(C)CCC3(C)C. The molecular formula is C27H37FN+. The minimum absolute atomic E-state index is 0.0603. The van der Waals surface area contributed by atoms with Gasteiger partial charge in [0.05, 0.1) is 11.0 Å². The van der Waals surface area contributed by atoms with E-state index in [-0.39, 0.29) is 27.6 Å². The normalized spacial score (nSPS) is 29.0. The van der Waals surface area contributed by atoms with Crippen LogP contribution in [0.5, 0.6) is 0 Å². The van der Waals surface area contributed by atoms with Crippen molar-refractivity contribution in [3.05, 3.63) is 53.0 Å². The molecule has 2 unspecified atom stereocenters. The minimum atomic E-state index is -0.172. The van der Waals surface area contributed by atoms with Gasteiger partial charge in [0.25, 0.3) is 0 Å². The topological polar surface area (TPSA) is 3.88 Å². The van der Waals surface area contributed by atoms with Gasteiger partial charge in [-0.1, -0.05) is 47.6 Å². The lowest BCUT2D eigenvalue weighted by atomic mass is 9.57. The van der Waals surface area contributed by atoms with E-state index in [0.717, 1.165) is 24.1 Å². The van der Waals surface area contributed by atoms with Crippen LogP contribution in [-0.4, -0.2) is 0 Å². The van der Waals surface area contributed by atoms with Crippen molar-refractivity contribution in [2.45, 2.75) is 103 Å². The van der Waals surface area contributed by atoms with Crippen molar-refractivity contribution in [1.29, 1.82) is 0 Å². The van der Waals surface area contributed by atoms with Crippen molar-refractivity contribution in [2.75, 3.05) is 0 Å². The Kier molecular flexibility index (Phi) is 4.37. The van der Waals surface area contributed by atoms with Gasteiger partial charge in [-0.05, 0) is 65.8 Å². The van der Waals surface area contributed by atoms with Crippen molar-refractivity contribution in [2.24, 2.45) is 0 Å². The Morgan fingerprint density at radius 1 is 0.862 bits per heavy atom. The predicted molar refractivity (Wildman–Crippen MR) is 119 cm³/mol. The molecule has 0 radical (unpaired) electrons. The van der Waals surface area contributed by atoms with E-state index in [2.05, 4.69) is 78.3 Å². The van der Waals surface area contributed by atoms with Crippen LogP contribution in [-0.2, 0) is 21.8 Å². The van der Waals surface area contributed by atoms with E-state index >= 15 is 4.39 Å². The van der Waals surface area contributed by atoms with Crippen molar-refractivity contribution >= 4 is 0 Å². The van der Waals surface area contributed by atoms with E-state index in [1.54, 1.807) is 6.07 Å². The Balaban J connectivity index is 2.17. The molecule has 0 amide bonds. The molecule has 1 nitrogen and oxygen atoms in total. The van der Waals surface area contributed by atoms with Crippen molar-refractivity contribution in [1.82, 2.24) is 0 Å². The largest absolute Gasteiger partial charge is 0.249 e. The Bertz CT molecular complexity index is 986. The number of fused-ring (bicyclic) bond motifs is 4. The van der Waals surface area contributed by atoms with Gasteiger partial charge in [-0.15, -0.1) is 0 Å². The van der Waals surface area contributed by atoms with Gasteiger partial charge in [0.2, 0.25) is 5.69 Å². The summed E-state index contributed by atoms with van der Waals surface area (Å²) in [4.78, 5) is 0. The molecule has 1 aliphatic heterocycles. The summed E-state index contributed by atoms with van der Waals surface area (Å²) in [6.45, 7) is 18.7. The number of hydrogen-bond donors (Lipinski definition) is 0. The van der Waals surface area contributed by atoms with E-state index in [0.29, 0.717) is 0 Å². The van der Waals surface area contributed by atoms with Crippen LogP contribution < -0.4 is 4.57 Å². The Morgan fingerprint density at radius 3 is 2.00 bits per heavy atom. The average Bonchev–Trinajstić information content (AvgIpc) is 2.68. The molecule has 1 aromatic heterocycles. The zero-order chi connectivity index (χ0) is 21.4. The Hall–Kier alpha value is -1.70. The van der Waals surface area contributed by atoms with E-state index in [4.69, 9.17) is 0 Å². The van der Waals surface area contributed by atoms with Gasteiger partial charge in [-0.2, -0.15) is 8.96 Å². The molecule has 2 heteroatoms. The van der Waals surface area contributed by atoms with Crippen LogP contribution in [0.3, 0.4) is 0 Å². The monoisotopic (exact) mass is 394 g/mol. The van der Waals surface area contributed by atoms with Crippen LogP contribution in [0.2, 0.25) is 0 Å². The summed E-state index contributed by atoms with van der Waals surface area (Å²) < 4.78 is 17.6. The molecule has 0 bridgehead atoms. The molecule has 2 aromatic rings. The molecule has 1 aliphatic carbocycles. The number of rotatable bonds is 2. The van der Waals surface area contributed by atoms with Crippen LogP contribution in [0, 0.1) is 5.82 Å². The van der Waals surface area contributed by atoms with E-state index in [9.17, 15) is 0 Å². The van der Waals surface area contributed by atoms with E-state index in [1.807, 2.05) is 6.07 Å². The first-order chi connectivity index (χ1) is 13.4. The molecule has 0 fully saturated rings. The third-order valence-electron chi connectivity index (χ3n) is 8.90. The molecule has 0 spiro atoms. The van der Waals surface area contributed by atoms with E-state index < -0.39 is 0 Å². The van der Waals surface area contributed by atoms with Crippen LogP contribution in [0.25, 0.3) is 11.3 Å². The molecule has 0 saturated heterocycles. The summed E-state index contributed by atoms with van der Waals surface area (Å²) >= 11 is 0. The summed E-state index contributed by atoms with van der Waals surface area (Å²) in [6.07, 6.45) is 6.44. The number of halogens is 1. The first-order valence-electron chi connectivity index (χ1n) is 11.3.